The van der Waals surface area contributed by atoms with Crippen LogP contribution in [0.1, 0.15) is 32.4 Å². The van der Waals surface area contributed by atoms with Gasteiger partial charge in [-0.15, -0.1) is 0 Å². The van der Waals surface area contributed by atoms with Gasteiger partial charge in [0.05, 0.1) is 19.1 Å². The molecule has 1 atom stereocenters. The maximum absolute atomic E-state index is 12.3. The van der Waals surface area contributed by atoms with Crippen LogP contribution >= 0.6 is 11.8 Å². The van der Waals surface area contributed by atoms with Crippen molar-refractivity contribution in [3.63, 3.8) is 0 Å². The minimum atomic E-state index is -0.555. The number of carbonyl (C=O) groups is 1. The molecule has 112 valence electrons. The molecule has 4 nitrogen and oxygen atoms in total. The summed E-state index contributed by atoms with van der Waals surface area (Å²) in [5.74, 6) is 2.68. The first-order valence-corrected chi connectivity index (χ1v) is 8.20. The molecule has 1 aliphatic rings. The van der Waals surface area contributed by atoms with Crippen LogP contribution in [0.4, 0.5) is 0 Å². The molecule has 0 aromatic carbocycles. The maximum atomic E-state index is 12.3. The van der Waals surface area contributed by atoms with Crippen molar-refractivity contribution in [1.82, 2.24) is 5.32 Å². The van der Waals surface area contributed by atoms with Crippen molar-refractivity contribution < 1.29 is 13.9 Å². The lowest BCUT2D eigenvalue weighted by molar-refractivity contribution is -0.148. The van der Waals surface area contributed by atoms with Crippen molar-refractivity contribution in [2.24, 2.45) is 5.92 Å². The SMILES string of the molecule is COC(=O)C(CSCc1ccco1)(NC(C)C)C1CC1. The smallest absolute Gasteiger partial charge is 0.327 e. The first-order valence-electron chi connectivity index (χ1n) is 7.04. The first-order chi connectivity index (χ1) is 9.58. The van der Waals surface area contributed by atoms with Gasteiger partial charge in [0, 0.05) is 11.8 Å². The fourth-order valence-corrected chi connectivity index (χ4v) is 3.77. The number of esters is 1. The van der Waals surface area contributed by atoms with Gasteiger partial charge in [-0.25, -0.2) is 0 Å². The number of nitrogens with one attached hydrogen (secondary N) is 1. The molecule has 0 saturated heterocycles. The Morgan fingerprint density at radius 1 is 1.60 bits per heavy atom. The van der Waals surface area contributed by atoms with Gasteiger partial charge in [0.15, 0.2) is 0 Å². The molecule has 1 unspecified atom stereocenters. The summed E-state index contributed by atoms with van der Waals surface area (Å²) in [6, 6.07) is 4.09. The molecule has 1 fully saturated rings. The molecule has 0 spiro atoms. The number of carbonyl (C=O) groups excluding carboxylic acids is 1. The molecule has 0 bridgehead atoms. The number of rotatable bonds is 8. The van der Waals surface area contributed by atoms with Crippen LogP contribution in [0.2, 0.25) is 0 Å². The van der Waals surface area contributed by atoms with Crippen LogP contribution in [0.15, 0.2) is 22.8 Å². The van der Waals surface area contributed by atoms with E-state index in [1.165, 1.54) is 7.11 Å². The summed E-state index contributed by atoms with van der Waals surface area (Å²) >= 11 is 1.71. The van der Waals surface area contributed by atoms with Crippen LogP contribution in [-0.2, 0) is 15.3 Å². The van der Waals surface area contributed by atoms with Gasteiger partial charge in [-0.05, 0) is 44.7 Å². The van der Waals surface area contributed by atoms with Crippen LogP contribution in [0, 0.1) is 5.92 Å². The fraction of sp³-hybridized carbons (Fsp3) is 0.667. The summed E-state index contributed by atoms with van der Waals surface area (Å²) < 4.78 is 10.4. The topological polar surface area (TPSA) is 51.5 Å². The molecule has 5 heteroatoms. The minimum Gasteiger partial charge on any atom is -0.468 e. The molecule has 20 heavy (non-hydrogen) atoms. The lowest BCUT2D eigenvalue weighted by atomic mass is 9.94. The number of thioether (sulfide) groups is 1. The first kappa shape index (κ1) is 15.4. The maximum Gasteiger partial charge on any atom is 0.327 e. The summed E-state index contributed by atoms with van der Waals surface area (Å²) in [7, 11) is 1.47. The van der Waals surface area contributed by atoms with Crippen LogP contribution in [0.5, 0.6) is 0 Å². The van der Waals surface area contributed by atoms with E-state index in [1.54, 1.807) is 18.0 Å². The third kappa shape index (κ3) is 3.58. The Bertz CT molecular complexity index is 428. The monoisotopic (exact) mass is 297 g/mol. The highest BCUT2D eigenvalue weighted by atomic mass is 32.2. The Balaban J connectivity index is 2.02. The van der Waals surface area contributed by atoms with E-state index in [0.29, 0.717) is 11.7 Å². The number of hydrogen-bond acceptors (Lipinski definition) is 5. The molecule has 1 aromatic rings. The van der Waals surface area contributed by atoms with Crippen molar-refractivity contribution in [3.8, 4) is 0 Å². The van der Waals surface area contributed by atoms with Crippen LogP contribution in [0.25, 0.3) is 0 Å². The Hall–Kier alpha value is -0.940. The molecule has 0 amide bonds. The zero-order valence-electron chi connectivity index (χ0n) is 12.3. The summed E-state index contributed by atoms with van der Waals surface area (Å²) in [4.78, 5) is 12.3. The minimum absolute atomic E-state index is 0.138. The average molecular weight is 297 g/mol. The zero-order chi connectivity index (χ0) is 14.6. The highest BCUT2D eigenvalue weighted by Gasteiger charge is 2.51. The predicted octanol–water partition coefficient (Wildman–Crippen LogP) is 2.83. The Labute approximate surface area is 124 Å². The fourth-order valence-electron chi connectivity index (χ4n) is 2.54. The second-order valence-electron chi connectivity index (χ2n) is 5.61. The van der Waals surface area contributed by atoms with Gasteiger partial charge in [-0.3, -0.25) is 10.1 Å². The normalized spacial score (nSPS) is 18.0. The van der Waals surface area contributed by atoms with E-state index >= 15 is 0 Å². The molecule has 0 radical (unpaired) electrons. The van der Waals surface area contributed by atoms with E-state index in [0.717, 1.165) is 24.4 Å². The van der Waals surface area contributed by atoms with Crippen molar-refractivity contribution in [3.05, 3.63) is 24.2 Å². The number of ether oxygens (including phenoxy) is 1. The zero-order valence-corrected chi connectivity index (χ0v) is 13.2. The van der Waals surface area contributed by atoms with Gasteiger partial charge in [-0.1, -0.05) is 0 Å². The highest BCUT2D eigenvalue weighted by molar-refractivity contribution is 7.98. The average Bonchev–Trinajstić information content (AvgIpc) is 3.15. The molecule has 1 aromatic heterocycles. The standard InChI is InChI=1S/C15H23NO3S/c1-11(2)16-15(12-6-7-12,14(17)18-3)10-20-9-13-5-4-8-19-13/h4-5,8,11-12,16H,6-7,9-10H2,1-3H3. The van der Waals surface area contributed by atoms with Crippen molar-refractivity contribution in [2.45, 2.75) is 44.0 Å². The molecular weight excluding hydrogens is 274 g/mol. The molecule has 1 heterocycles. The second-order valence-corrected chi connectivity index (χ2v) is 6.59. The van der Waals surface area contributed by atoms with Crippen LogP contribution in [-0.4, -0.2) is 30.4 Å². The van der Waals surface area contributed by atoms with Crippen molar-refractivity contribution in [1.29, 1.82) is 0 Å². The van der Waals surface area contributed by atoms with E-state index in [2.05, 4.69) is 19.2 Å². The van der Waals surface area contributed by atoms with Crippen LogP contribution < -0.4 is 5.32 Å². The lowest BCUT2D eigenvalue weighted by Crippen LogP contribution is -2.59. The van der Waals surface area contributed by atoms with Gasteiger partial charge in [0.1, 0.15) is 11.3 Å². The summed E-state index contributed by atoms with van der Waals surface area (Å²) in [5.41, 5.74) is -0.555. The summed E-state index contributed by atoms with van der Waals surface area (Å²) in [6.45, 7) is 4.13. The van der Waals surface area contributed by atoms with E-state index in [9.17, 15) is 4.79 Å². The number of hydrogen-bond donors (Lipinski definition) is 1. The Morgan fingerprint density at radius 3 is 2.85 bits per heavy atom. The second kappa shape index (κ2) is 6.68. The van der Waals surface area contributed by atoms with Gasteiger partial charge in [-0.2, -0.15) is 11.8 Å². The molecule has 0 aliphatic heterocycles. The molecular formula is C15H23NO3S. The largest absolute Gasteiger partial charge is 0.468 e. The predicted molar refractivity (Wildman–Crippen MR) is 80.6 cm³/mol. The molecule has 2 rings (SSSR count). The molecule has 1 saturated carbocycles. The van der Waals surface area contributed by atoms with Crippen molar-refractivity contribution >= 4 is 17.7 Å². The Kier molecular flexibility index (Phi) is 5.16. The van der Waals surface area contributed by atoms with E-state index in [-0.39, 0.29) is 12.0 Å². The van der Waals surface area contributed by atoms with Gasteiger partial charge in [0.25, 0.3) is 0 Å². The summed E-state index contributed by atoms with van der Waals surface area (Å²) in [5, 5.41) is 3.46. The van der Waals surface area contributed by atoms with E-state index < -0.39 is 5.54 Å². The third-order valence-electron chi connectivity index (χ3n) is 3.52. The quantitative estimate of drug-likeness (QED) is 0.748. The molecule has 1 aliphatic carbocycles. The number of furan rings is 1. The third-order valence-corrected chi connectivity index (χ3v) is 4.67. The molecule has 1 N–H and O–H groups in total. The van der Waals surface area contributed by atoms with Gasteiger partial charge >= 0.3 is 5.97 Å². The lowest BCUT2D eigenvalue weighted by Gasteiger charge is -2.34. The van der Waals surface area contributed by atoms with Gasteiger partial charge < -0.3 is 9.15 Å². The van der Waals surface area contributed by atoms with Crippen molar-refractivity contribution in [2.75, 3.05) is 12.9 Å². The van der Waals surface area contributed by atoms with E-state index in [4.69, 9.17) is 9.15 Å². The van der Waals surface area contributed by atoms with Gasteiger partial charge in [0.2, 0.25) is 0 Å². The Morgan fingerprint density at radius 2 is 2.35 bits per heavy atom. The number of methoxy groups -OCH3 is 1. The van der Waals surface area contributed by atoms with E-state index in [1.807, 2.05) is 12.1 Å². The van der Waals surface area contributed by atoms with Crippen LogP contribution in [0.3, 0.4) is 0 Å². The summed E-state index contributed by atoms with van der Waals surface area (Å²) in [6.07, 6.45) is 3.86. The highest BCUT2D eigenvalue weighted by Crippen LogP contribution is 2.42.